The molecule has 0 spiro atoms. The number of fused-ring (bicyclic) bond motifs is 1. The van der Waals surface area contributed by atoms with Crippen LogP contribution in [-0.4, -0.2) is 12.1 Å². The molecule has 2 heteroatoms. The molecular weight excluding hydrogens is 176 g/mol. The fourth-order valence-electron chi connectivity index (χ4n) is 1.89. The third-order valence-corrected chi connectivity index (χ3v) is 2.60. The molecule has 0 saturated heterocycles. The molecule has 2 nitrogen and oxygen atoms in total. The molecule has 71 valence electrons. The summed E-state index contributed by atoms with van der Waals surface area (Å²) in [4.78, 5) is 21.7. The molecule has 0 heterocycles. The third kappa shape index (κ3) is 1.60. The summed E-state index contributed by atoms with van der Waals surface area (Å²) in [7, 11) is 0. The maximum Gasteiger partial charge on any atom is 0.203 e. The van der Waals surface area contributed by atoms with Gasteiger partial charge in [0, 0.05) is 18.4 Å². The van der Waals surface area contributed by atoms with Crippen molar-refractivity contribution in [2.45, 2.75) is 25.7 Å². The first kappa shape index (κ1) is 9.13. The van der Waals surface area contributed by atoms with Gasteiger partial charge in [0.1, 0.15) is 0 Å². The molecule has 0 unspecified atom stereocenters. The van der Waals surface area contributed by atoms with Gasteiger partial charge in [0.2, 0.25) is 6.29 Å². The lowest BCUT2D eigenvalue weighted by molar-refractivity contribution is 0.0972. The monoisotopic (exact) mass is 187 g/mol. The number of Topliss-reactive ketones (excluding diaryl/α,β-unsaturated/α-hetero) is 1. The summed E-state index contributed by atoms with van der Waals surface area (Å²) < 4.78 is 0. The zero-order valence-corrected chi connectivity index (χ0v) is 7.88. The van der Waals surface area contributed by atoms with Crippen molar-refractivity contribution >= 4 is 12.1 Å². The van der Waals surface area contributed by atoms with Gasteiger partial charge in [-0.15, -0.1) is 0 Å². The van der Waals surface area contributed by atoms with Crippen LogP contribution < -0.4 is 0 Å². The van der Waals surface area contributed by atoms with Gasteiger partial charge in [0.05, 0.1) is 0 Å². The van der Waals surface area contributed by atoms with E-state index in [4.69, 9.17) is 0 Å². The van der Waals surface area contributed by atoms with Crippen LogP contribution in [0.3, 0.4) is 0 Å². The molecule has 1 aliphatic rings. The Kier molecular flexibility index (Phi) is 2.44. The minimum absolute atomic E-state index is 0.230. The number of rotatable bonds is 2. The van der Waals surface area contributed by atoms with Crippen LogP contribution in [0.2, 0.25) is 0 Å². The lowest BCUT2D eigenvalue weighted by atomic mass is 9.89. The van der Waals surface area contributed by atoms with Gasteiger partial charge in [0.25, 0.3) is 0 Å². The summed E-state index contributed by atoms with van der Waals surface area (Å²) in [5.41, 5.74) is 2.88. The average Bonchev–Trinajstić information content (AvgIpc) is 2.18. The lowest BCUT2D eigenvalue weighted by Gasteiger charge is -2.14. The zero-order valence-electron chi connectivity index (χ0n) is 7.88. The Labute approximate surface area is 82.9 Å². The van der Waals surface area contributed by atoms with E-state index in [1.807, 2.05) is 24.5 Å². The normalized spacial score (nSPS) is 15.0. The second-order valence-electron chi connectivity index (χ2n) is 3.59. The van der Waals surface area contributed by atoms with E-state index in [1.165, 1.54) is 0 Å². The highest BCUT2D eigenvalue weighted by Gasteiger charge is 2.16. The second kappa shape index (κ2) is 3.74. The minimum atomic E-state index is 0.230. The van der Waals surface area contributed by atoms with Gasteiger partial charge >= 0.3 is 0 Å². The first-order valence-corrected chi connectivity index (χ1v) is 4.81. The standard InChI is InChI=1S/C12H11O2/c13-7-6-9-4-5-11-10(8-9)2-1-3-12(11)14/h4-5,8H,1-3,6H2. The predicted octanol–water partition coefficient (Wildman–Crippen LogP) is 1.86. The molecule has 2 rings (SSSR count). The summed E-state index contributed by atoms with van der Waals surface area (Å²) >= 11 is 0. The largest absolute Gasteiger partial charge is 0.294 e. The highest BCUT2D eigenvalue weighted by Crippen LogP contribution is 2.22. The molecular formula is C12H11O2. The van der Waals surface area contributed by atoms with Gasteiger partial charge < -0.3 is 0 Å². The zero-order chi connectivity index (χ0) is 9.97. The van der Waals surface area contributed by atoms with Crippen LogP contribution in [0.15, 0.2) is 18.2 Å². The first-order valence-electron chi connectivity index (χ1n) is 4.81. The maximum absolute atomic E-state index is 11.5. The Morgan fingerprint density at radius 2 is 2.14 bits per heavy atom. The Bertz CT molecular complexity index is 380. The molecule has 14 heavy (non-hydrogen) atoms. The summed E-state index contributed by atoms with van der Waals surface area (Å²) in [5.74, 6) is 0.230. The topological polar surface area (TPSA) is 34.1 Å². The highest BCUT2D eigenvalue weighted by molar-refractivity contribution is 5.98. The van der Waals surface area contributed by atoms with Gasteiger partial charge in [-0.05, 0) is 24.0 Å². The SMILES string of the molecule is O=[C]Cc1ccc2c(c1)CCCC2=O. The Balaban J connectivity index is 2.38. The summed E-state index contributed by atoms with van der Waals surface area (Å²) in [5, 5.41) is 0. The molecule has 0 aromatic heterocycles. The van der Waals surface area contributed by atoms with Gasteiger partial charge in [-0.1, -0.05) is 18.2 Å². The van der Waals surface area contributed by atoms with Crippen molar-refractivity contribution in [2.24, 2.45) is 0 Å². The molecule has 0 atom stereocenters. The number of benzene rings is 1. The molecule has 1 aromatic rings. The Morgan fingerprint density at radius 1 is 1.29 bits per heavy atom. The van der Waals surface area contributed by atoms with Crippen LogP contribution >= 0.6 is 0 Å². The third-order valence-electron chi connectivity index (χ3n) is 2.60. The summed E-state index contributed by atoms with van der Waals surface area (Å²) in [6.45, 7) is 0. The van der Waals surface area contributed by atoms with Crippen molar-refractivity contribution in [1.82, 2.24) is 0 Å². The number of hydrogen-bond acceptors (Lipinski definition) is 2. The summed E-state index contributed by atoms with van der Waals surface area (Å²) in [6, 6.07) is 5.63. The van der Waals surface area contributed by atoms with Crippen molar-refractivity contribution in [3.63, 3.8) is 0 Å². The fraction of sp³-hybridized carbons (Fsp3) is 0.333. The molecule has 0 N–H and O–H groups in total. The van der Waals surface area contributed by atoms with E-state index in [-0.39, 0.29) is 5.78 Å². The van der Waals surface area contributed by atoms with Crippen LogP contribution in [0, 0.1) is 0 Å². The van der Waals surface area contributed by atoms with Gasteiger partial charge in [-0.2, -0.15) is 0 Å². The predicted molar refractivity (Wildman–Crippen MR) is 53.1 cm³/mol. The second-order valence-corrected chi connectivity index (χ2v) is 3.59. The number of carbonyl (C=O) groups excluding carboxylic acids is 2. The molecule has 0 saturated carbocycles. The molecule has 1 aromatic carbocycles. The van der Waals surface area contributed by atoms with Crippen molar-refractivity contribution in [2.75, 3.05) is 0 Å². The van der Waals surface area contributed by atoms with Crippen LogP contribution in [0.25, 0.3) is 0 Å². The maximum atomic E-state index is 11.5. The molecule has 0 fully saturated rings. The van der Waals surface area contributed by atoms with E-state index < -0.39 is 0 Å². The van der Waals surface area contributed by atoms with E-state index in [0.29, 0.717) is 12.8 Å². The van der Waals surface area contributed by atoms with E-state index in [9.17, 15) is 9.59 Å². The van der Waals surface area contributed by atoms with Crippen LogP contribution in [0.4, 0.5) is 0 Å². The van der Waals surface area contributed by atoms with Crippen LogP contribution in [0.5, 0.6) is 0 Å². The quantitative estimate of drug-likeness (QED) is 0.708. The number of aryl methyl sites for hydroxylation is 1. The average molecular weight is 187 g/mol. The van der Waals surface area contributed by atoms with Crippen molar-refractivity contribution < 1.29 is 9.59 Å². The molecule has 0 amide bonds. The summed E-state index contributed by atoms with van der Waals surface area (Å²) in [6.07, 6.45) is 4.73. The van der Waals surface area contributed by atoms with E-state index in [1.54, 1.807) is 0 Å². The molecule has 0 bridgehead atoms. The van der Waals surface area contributed by atoms with Crippen LogP contribution in [-0.2, 0) is 17.6 Å². The Hall–Kier alpha value is -1.44. The number of hydrogen-bond donors (Lipinski definition) is 0. The van der Waals surface area contributed by atoms with Crippen molar-refractivity contribution in [3.05, 3.63) is 34.9 Å². The van der Waals surface area contributed by atoms with Crippen molar-refractivity contribution in [1.29, 1.82) is 0 Å². The van der Waals surface area contributed by atoms with Crippen LogP contribution in [0.1, 0.15) is 34.3 Å². The first-order chi connectivity index (χ1) is 6.81. The smallest absolute Gasteiger partial charge is 0.203 e. The Morgan fingerprint density at radius 3 is 2.93 bits per heavy atom. The number of carbonyl (C=O) groups is 1. The minimum Gasteiger partial charge on any atom is -0.294 e. The molecule has 1 radical (unpaired) electrons. The lowest BCUT2D eigenvalue weighted by Crippen LogP contribution is -2.10. The molecule has 1 aliphatic carbocycles. The van der Waals surface area contributed by atoms with E-state index in [0.717, 1.165) is 29.5 Å². The van der Waals surface area contributed by atoms with E-state index in [2.05, 4.69) is 0 Å². The fourth-order valence-corrected chi connectivity index (χ4v) is 1.89. The van der Waals surface area contributed by atoms with Gasteiger partial charge in [-0.25, -0.2) is 0 Å². The van der Waals surface area contributed by atoms with Gasteiger partial charge in [-0.3, -0.25) is 9.59 Å². The van der Waals surface area contributed by atoms with Gasteiger partial charge in [0.15, 0.2) is 5.78 Å². The number of ketones is 1. The highest BCUT2D eigenvalue weighted by atomic mass is 16.1. The van der Waals surface area contributed by atoms with E-state index >= 15 is 0 Å². The molecule has 0 aliphatic heterocycles. The van der Waals surface area contributed by atoms with Crippen molar-refractivity contribution in [3.8, 4) is 0 Å².